The maximum Gasteiger partial charge on any atom is 0.416 e. The highest BCUT2D eigenvalue weighted by Crippen LogP contribution is 2.39. The fraction of sp³-hybridized carbons (Fsp3) is 0.273. The molecule has 1 aliphatic rings. The highest BCUT2D eigenvalue weighted by Gasteiger charge is 2.41. The van der Waals surface area contributed by atoms with Gasteiger partial charge in [0.1, 0.15) is 0 Å². The molecular formula is C22H21F3N4OS. The first kappa shape index (κ1) is 21.3. The quantitative estimate of drug-likeness (QED) is 0.565. The predicted molar refractivity (Wildman–Crippen MR) is 115 cm³/mol. The van der Waals surface area contributed by atoms with Crippen LogP contribution in [0.2, 0.25) is 0 Å². The van der Waals surface area contributed by atoms with E-state index in [2.05, 4.69) is 10.3 Å². The molecule has 0 radical (unpaired) electrons. The summed E-state index contributed by atoms with van der Waals surface area (Å²) in [5.41, 5.74) is 1.34. The summed E-state index contributed by atoms with van der Waals surface area (Å²) >= 11 is 5.58. The minimum Gasteiger partial charge on any atom is -0.383 e. The van der Waals surface area contributed by atoms with Crippen molar-refractivity contribution < 1.29 is 17.9 Å². The van der Waals surface area contributed by atoms with Crippen molar-refractivity contribution >= 4 is 17.3 Å². The topological polar surface area (TPSA) is 42.3 Å². The minimum atomic E-state index is -4.42. The van der Waals surface area contributed by atoms with Crippen LogP contribution in [0.5, 0.6) is 0 Å². The second-order valence-electron chi connectivity index (χ2n) is 7.16. The number of pyridine rings is 1. The van der Waals surface area contributed by atoms with Gasteiger partial charge in [-0.25, -0.2) is 0 Å². The SMILES string of the molecule is COCCN1C(=S)N[C@@H](c2ccccn2)[C@H]1c1cccn1-c1cccc(C(F)(F)F)c1. The lowest BCUT2D eigenvalue weighted by atomic mass is 10.0. The molecule has 9 heteroatoms. The summed E-state index contributed by atoms with van der Waals surface area (Å²) in [6.45, 7) is 0.988. The Balaban J connectivity index is 1.79. The number of halogens is 3. The molecule has 1 fully saturated rings. The van der Waals surface area contributed by atoms with Crippen LogP contribution < -0.4 is 5.32 Å². The second kappa shape index (κ2) is 8.68. The molecular weight excluding hydrogens is 425 g/mol. The Bertz CT molecular complexity index is 1050. The Kier molecular flexibility index (Phi) is 5.97. The van der Waals surface area contributed by atoms with Crippen LogP contribution in [0, 0.1) is 0 Å². The van der Waals surface area contributed by atoms with Crippen molar-refractivity contribution in [2.75, 3.05) is 20.3 Å². The van der Waals surface area contributed by atoms with Crippen molar-refractivity contribution in [3.8, 4) is 5.69 Å². The largest absolute Gasteiger partial charge is 0.416 e. The van der Waals surface area contributed by atoms with E-state index in [9.17, 15) is 13.2 Å². The molecule has 5 nitrogen and oxygen atoms in total. The molecule has 0 spiro atoms. The van der Waals surface area contributed by atoms with Gasteiger partial charge in [-0.05, 0) is 54.7 Å². The van der Waals surface area contributed by atoms with E-state index >= 15 is 0 Å². The van der Waals surface area contributed by atoms with Gasteiger partial charge in [0.25, 0.3) is 0 Å². The monoisotopic (exact) mass is 446 g/mol. The van der Waals surface area contributed by atoms with Gasteiger partial charge in [0.2, 0.25) is 0 Å². The molecule has 0 aliphatic carbocycles. The number of hydrogen-bond acceptors (Lipinski definition) is 3. The molecule has 162 valence electrons. The Morgan fingerprint density at radius 1 is 1.13 bits per heavy atom. The summed E-state index contributed by atoms with van der Waals surface area (Å²) in [7, 11) is 1.61. The fourth-order valence-corrected chi connectivity index (χ4v) is 4.19. The first-order valence-corrected chi connectivity index (χ1v) is 10.1. The van der Waals surface area contributed by atoms with E-state index in [1.165, 1.54) is 6.07 Å². The molecule has 2 aromatic heterocycles. The number of benzene rings is 1. The summed E-state index contributed by atoms with van der Waals surface area (Å²) in [6, 6.07) is 14.1. The van der Waals surface area contributed by atoms with Crippen LogP contribution in [0.4, 0.5) is 13.2 Å². The molecule has 4 rings (SSSR count). The van der Waals surface area contributed by atoms with E-state index in [1.807, 2.05) is 35.2 Å². The summed E-state index contributed by atoms with van der Waals surface area (Å²) < 4.78 is 46.9. The standard InChI is InChI=1S/C22H21F3N4OS/c1-30-13-12-29-20(19(27-21(29)31)17-8-2-3-10-26-17)18-9-5-11-28(18)16-7-4-6-15(14-16)22(23,24)25/h2-11,14,19-20H,12-13H2,1H3,(H,27,31)/t19-,20+/m0/s1. The second-order valence-corrected chi connectivity index (χ2v) is 7.55. The molecule has 0 saturated carbocycles. The normalized spacial score (nSPS) is 19.0. The zero-order valence-corrected chi connectivity index (χ0v) is 17.5. The molecule has 31 heavy (non-hydrogen) atoms. The van der Waals surface area contributed by atoms with Crippen LogP contribution in [0.3, 0.4) is 0 Å². The number of alkyl halides is 3. The molecule has 1 N–H and O–H groups in total. The van der Waals surface area contributed by atoms with E-state index in [0.29, 0.717) is 24.0 Å². The number of aromatic nitrogens is 2. The van der Waals surface area contributed by atoms with Gasteiger partial charge in [0, 0.05) is 37.4 Å². The van der Waals surface area contributed by atoms with Gasteiger partial charge in [-0.2, -0.15) is 13.2 Å². The summed E-state index contributed by atoms with van der Waals surface area (Å²) in [6.07, 6.45) is -0.947. The van der Waals surface area contributed by atoms with Crippen molar-refractivity contribution in [2.45, 2.75) is 18.3 Å². The molecule has 1 aromatic carbocycles. The molecule has 0 bridgehead atoms. The van der Waals surface area contributed by atoms with Gasteiger partial charge >= 0.3 is 6.18 Å². The molecule has 3 aromatic rings. The van der Waals surface area contributed by atoms with Crippen LogP contribution in [-0.2, 0) is 10.9 Å². The average molecular weight is 446 g/mol. The number of methoxy groups -OCH3 is 1. The van der Waals surface area contributed by atoms with Crippen molar-refractivity contribution in [1.82, 2.24) is 19.8 Å². The number of hydrogen-bond donors (Lipinski definition) is 1. The molecule has 0 amide bonds. The van der Waals surface area contributed by atoms with E-state index in [0.717, 1.165) is 23.5 Å². The first-order valence-electron chi connectivity index (χ1n) is 9.72. The Morgan fingerprint density at radius 3 is 2.68 bits per heavy atom. The lowest BCUT2D eigenvalue weighted by Gasteiger charge is -2.28. The first-order chi connectivity index (χ1) is 14.9. The Hall–Kier alpha value is -2.91. The van der Waals surface area contributed by atoms with Gasteiger partial charge in [-0.3, -0.25) is 4.98 Å². The van der Waals surface area contributed by atoms with Gasteiger partial charge in [-0.15, -0.1) is 0 Å². The highest BCUT2D eigenvalue weighted by atomic mass is 32.1. The smallest absolute Gasteiger partial charge is 0.383 e. The Labute approximate surface area is 183 Å². The number of nitrogens with one attached hydrogen (secondary N) is 1. The third-order valence-electron chi connectivity index (χ3n) is 5.27. The Morgan fingerprint density at radius 2 is 1.97 bits per heavy atom. The number of rotatable bonds is 6. The van der Waals surface area contributed by atoms with Crippen molar-refractivity contribution in [3.63, 3.8) is 0 Å². The van der Waals surface area contributed by atoms with Crippen LogP contribution >= 0.6 is 12.2 Å². The van der Waals surface area contributed by atoms with Crippen LogP contribution in [0.15, 0.2) is 67.0 Å². The highest BCUT2D eigenvalue weighted by molar-refractivity contribution is 7.80. The molecule has 1 aliphatic heterocycles. The van der Waals surface area contributed by atoms with Gasteiger partial charge < -0.3 is 19.5 Å². The van der Waals surface area contributed by atoms with E-state index < -0.39 is 11.7 Å². The van der Waals surface area contributed by atoms with Crippen molar-refractivity contribution in [1.29, 1.82) is 0 Å². The zero-order valence-electron chi connectivity index (χ0n) is 16.7. The van der Waals surface area contributed by atoms with Crippen LogP contribution in [0.1, 0.15) is 29.0 Å². The molecule has 2 atom stereocenters. The lowest BCUT2D eigenvalue weighted by Crippen LogP contribution is -2.33. The zero-order chi connectivity index (χ0) is 22.0. The van der Waals surface area contributed by atoms with Gasteiger partial charge in [-0.1, -0.05) is 12.1 Å². The minimum absolute atomic E-state index is 0.259. The van der Waals surface area contributed by atoms with E-state index in [1.54, 1.807) is 30.1 Å². The van der Waals surface area contributed by atoms with E-state index in [-0.39, 0.29) is 12.1 Å². The summed E-state index contributed by atoms with van der Waals surface area (Å²) in [5, 5.41) is 3.88. The van der Waals surface area contributed by atoms with Gasteiger partial charge in [0.15, 0.2) is 5.11 Å². The van der Waals surface area contributed by atoms with E-state index in [4.69, 9.17) is 17.0 Å². The third-order valence-corrected chi connectivity index (χ3v) is 5.62. The summed E-state index contributed by atoms with van der Waals surface area (Å²) in [5.74, 6) is 0. The fourth-order valence-electron chi connectivity index (χ4n) is 3.86. The van der Waals surface area contributed by atoms with Crippen LogP contribution in [-0.4, -0.2) is 39.8 Å². The van der Waals surface area contributed by atoms with Crippen LogP contribution in [0.25, 0.3) is 5.69 Å². The molecule has 1 saturated heterocycles. The molecule has 0 unspecified atom stereocenters. The number of nitrogens with zero attached hydrogens (tertiary/aromatic N) is 3. The lowest BCUT2D eigenvalue weighted by molar-refractivity contribution is -0.137. The number of thiocarbonyl (C=S) groups is 1. The maximum atomic E-state index is 13.3. The average Bonchev–Trinajstić information content (AvgIpc) is 3.36. The van der Waals surface area contributed by atoms with Crippen molar-refractivity contribution in [3.05, 3.63) is 83.9 Å². The van der Waals surface area contributed by atoms with Crippen molar-refractivity contribution in [2.24, 2.45) is 0 Å². The molecule has 3 heterocycles. The summed E-state index contributed by atoms with van der Waals surface area (Å²) in [4.78, 5) is 6.48. The van der Waals surface area contributed by atoms with Gasteiger partial charge in [0.05, 0.1) is 29.9 Å². The predicted octanol–water partition coefficient (Wildman–Crippen LogP) is 4.51. The third kappa shape index (κ3) is 4.28. The maximum absolute atomic E-state index is 13.3. The number of ether oxygens (including phenoxy) is 1.